The number of aryl methyl sites for hydroxylation is 2. The van der Waals surface area contributed by atoms with Gasteiger partial charge in [0.05, 0.1) is 17.9 Å². The number of amides is 1. The van der Waals surface area contributed by atoms with Gasteiger partial charge in [0, 0.05) is 13.0 Å². The lowest BCUT2D eigenvalue weighted by molar-refractivity contribution is -0.143. The molecule has 0 saturated heterocycles. The number of nitrogens with zero attached hydrogens (tertiary/aromatic N) is 2. The van der Waals surface area contributed by atoms with Crippen LogP contribution in [0.1, 0.15) is 41.6 Å². The van der Waals surface area contributed by atoms with Gasteiger partial charge in [-0.1, -0.05) is 0 Å². The molecular weight excluding hydrogens is 290 g/mol. The molecular formula is C14H21N3O3S. The second-order valence-electron chi connectivity index (χ2n) is 4.40. The van der Waals surface area contributed by atoms with Crippen LogP contribution in [0.4, 0.5) is 0 Å². The fourth-order valence-corrected chi connectivity index (χ4v) is 2.51. The van der Waals surface area contributed by atoms with Crippen molar-refractivity contribution in [2.24, 2.45) is 0 Å². The maximum absolute atomic E-state index is 12.2. The van der Waals surface area contributed by atoms with Crippen molar-refractivity contribution in [3.8, 4) is 0 Å². The highest BCUT2D eigenvalue weighted by atomic mass is 32.2. The van der Waals surface area contributed by atoms with Crippen LogP contribution in [0.5, 0.6) is 0 Å². The van der Waals surface area contributed by atoms with Crippen molar-refractivity contribution in [3.63, 3.8) is 0 Å². The number of esters is 1. The molecule has 6 nitrogen and oxygen atoms in total. The number of hydrogen-bond donors (Lipinski definition) is 1. The zero-order valence-electron chi connectivity index (χ0n) is 12.9. The van der Waals surface area contributed by atoms with E-state index in [2.05, 4.69) is 15.3 Å². The molecule has 1 rings (SSSR count). The molecule has 0 bridgehead atoms. The standard InChI is InChI=1S/C14H21N3O3S/c1-5-20-11(18)7-6-8-15-13(19)12-9(2)16-10(3)17-14(12)21-4/h5-8H2,1-4H3,(H,15,19). The number of hydrogen-bond acceptors (Lipinski definition) is 6. The monoisotopic (exact) mass is 311 g/mol. The molecule has 0 aromatic carbocycles. The zero-order chi connectivity index (χ0) is 15.8. The van der Waals surface area contributed by atoms with E-state index in [4.69, 9.17) is 4.74 Å². The first kappa shape index (κ1) is 17.4. The Morgan fingerprint density at radius 2 is 2.00 bits per heavy atom. The van der Waals surface area contributed by atoms with Gasteiger partial charge in [-0.05, 0) is 33.4 Å². The van der Waals surface area contributed by atoms with E-state index >= 15 is 0 Å². The van der Waals surface area contributed by atoms with Crippen molar-refractivity contribution >= 4 is 23.6 Å². The third kappa shape index (κ3) is 5.34. The Labute approximate surface area is 129 Å². The van der Waals surface area contributed by atoms with Crippen LogP contribution in [0.3, 0.4) is 0 Å². The molecule has 0 spiro atoms. The second kappa shape index (κ2) is 8.61. The Balaban J connectivity index is 2.58. The van der Waals surface area contributed by atoms with Crippen molar-refractivity contribution in [3.05, 3.63) is 17.1 Å². The molecule has 1 N–H and O–H groups in total. The number of thioether (sulfide) groups is 1. The molecule has 0 fully saturated rings. The Hall–Kier alpha value is -1.63. The van der Waals surface area contributed by atoms with E-state index in [1.165, 1.54) is 11.8 Å². The number of nitrogens with one attached hydrogen (secondary N) is 1. The molecule has 21 heavy (non-hydrogen) atoms. The molecule has 1 amide bonds. The summed E-state index contributed by atoms with van der Waals surface area (Å²) in [6, 6.07) is 0. The van der Waals surface area contributed by atoms with E-state index in [1.807, 2.05) is 6.26 Å². The molecule has 0 aliphatic carbocycles. The Morgan fingerprint density at radius 3 is 2.62 bits per heavy atom. The maximum atomic E-state index is 12.2. The van der Waals surface area contributed by atoms with E-state index < -0.39 is 0 Å². The minimum atomic E-state index is -0.244. The lowest BCUT2D eigenvalue weighted by Gasteiger charge is -2.11. The fourth-order valence-electron chi connectivity index (χ4n) is 1.85. The average Bonchev–Trinajstić information content (AvgIpc) is 2.42. The highest BCUT2D eigenvalue weighted by Gasteiger charge is 2.17. The van der Waals surface area contributed by atoms with Gasteiger partial charge in [0.1, 0.15) is 10.9 Å². The summed E-state index contributed by atoms with van der Waals surface area (Å²) >= 11 is 1.42. The summed E-state index contributed by atoms with van der Waals surface area (Å²) in [4.78, 5) is 31.9. The minimum absolute atomic E-state index is 0.208. The van der Waals surface area contributed by atoms with Crippen molar-refractivity contribution < 1.29 is 14.3 Å². The molecule has 116 valence electrons. The molecule has 0 atom stereocenters. The quantitative estimate of drug-likeness (QED) is 0.358. The first-order chi connectivity index (χ1) is 9.99. The number of carbonyl (C=O) groups is 2. The zero-order valence-corrected chi connectivity index (χ0v) is 13.7. The van der Waals surface area contributed by atoms with Crippen molar-refractivity contribution in [1.29, 1.82) is 0 Å². The van der Waals surface area contributed by atoms with Gasteiger partial charge >= 0.3 is 5.97 Å². The van der Waals surface area contributed by atoms with Crippen LogP contribution < -0.4 is 5.32 Å². The van der Waals surface area contributed by atoms with E-state index in [9.17, 15) is 9.59 Å². The van der Waals surface area contributed by atoms with E-state index in [1.54, 1.807) is 20.8 Å². The van der Waals surface area contributed by atoms with Crippen LogP contribution in [-0.2, 0) is 9.53 Å². The van der Waals surface area contributed by atoms with E-state index in [-0.39, 0.29) is 11.9 Å². The van der Waals surface area contributed by atoms with Gasteiger partial charge in [-0.25, -0.2) is 9.97 Å². The number of ether oxygens (including phenoxy) is 1. The summed E-state index contributed by atoms with van der Waals surface area (Å²) in [5.74, 6) is 0.197. The highest BCUT2D eigenvalue weighted by Crippen LogP contribution is 2.20. The number of rotatable bonds is 7. The normalized spacial score (nSPS) is 10.3. The Bertz CT molecular complexity index is 520. The molecule has 0 aliphatic rings. The molecule has 0 radical (unpaired) electrons. The molecule has 1 aromatic heterocycles. The third-order valence-corrected chi connectivity index (χ3v) is 3.42. The SMILES string of the molecule is CCOC(=O)CCCNC(=O)c1c(C)nc(C)nc1SC. The summed E-state index contributed by atoms with van der Waals surface area (Å²) in [6.45, 7) is 6.15. The second-order valence-corrected chi connectivity index (χ2v) is 5.20. The van der Waals surface area contributed by atoms with Crippen molar-refractivity contribution in [1.82, 2.24) is 15.3 Å². The molecule has 1 aromatic rings. The van der Waals surface area contributed by atoms with E-state index in [0.717, 1.165) is 0 Å². The van der Waals surface area contributed by atoms with Crippen LogP contribution in [-0.4, -0.2) is 41.3 Å². The lowest BCUT2D eigenvalue weighted by Crippen LogP contribution is -2.27. The summed E-state index contributed by atoms with van der Waals surface area (Å²) < 4.78 is 4.83. The van der Waals surface area contributed by atoms with Crippen LogP contribution >= 0.6 is 11.8 Å². The van der Waals surface area contributed by atoms with Gasteiger partial charge < -0.3 is 10.1 Å². The van der Waals surface area contributed by atoms with Gasteiger partial charge in [-0.2, -0.15) is 0 Å². The molecule has 0 aliphatic heterocycles. The summed E-state index contributed by atoms with van der Waals surface area (Å²) in [5.41, 5.74) is 1.17. The molecule has 1 heterocycles. The van der Waals surface area contributed by atoms with E-state index in [0.29, 0.717) is 48.1 Å². The largest absolute Gasteiger partial charge is 0.466 e. The summed E-state index contributed by atoms with van der Waals surface area (Å²) in [5, 5.41) is 3.46. The predicted molar refractivity (Wildman–Crippen MR) is 81.5 cm³/mol. The first-order valence-corrected chi connectivity index (χ1v) is 8.05. The van der Waals surface area contributed by atoms with Gasteiger partial charge in [0.2, 0.25) is 0 Å². The van der Waals surface area contributed by atoms with Gasteiger partial charge in [-0.3, -0.25) is 9.59 Å². The number of carbonyl (C=O) groups excluding carboxylic acids is 2. The molecule has 0 unspecified atom stereocenters. The third-order valence-electron chi connectivity index (χ3n) is 2.74. The Morgan fingerprint density at radius 1 is 1.29 bits per heavy atom. The fraction of sp³-hybridized carbons (Fsp3) is 0.571. The van der Waals surface area contributed by atoms with Gasteiger partial charge in [0.25, 0.3) is 5.91 Å². The predicted octanol–water partition coefficient (Wildman–Crippen LogP) is 1.89. The van der Waals surface area contributed by atoms with Crippen LogP contribution in [0.15, 0.2) is 5.03 Å². The summed E-state index contributed by atoms with van der Waals surface area (Å²) in [6.07, 6.45) is 2.72. The average molecular weight is 311 g/mol. The van der Waals surface area contributed by atoms with Crippen molar-refractivity contribution in [2.45, 2.75) is 38.6 Å². The van der Waals surface area contributed by atoms with Crippen LogP contribution in [0, 0.1) is 13.8 Å². The smallest absolute Gasteiger partial charge is 0.305 e. The number of aromatic nitrogens is 2. The maximum Gasteiger partial charge on any atom is 0.305 e. The topological polar surface area (TPSA) is 81.2 Å². The molecule has 0 saturated carbocycles. The van der Waals surface area contributed by atoms with Crippen molar-refractivity contribution in [2.75, 3.05) is 19.4 Å². The summed E-state index contributed by atoms with van der Waals surface area (Å²) in [7, 11) is 0. The van der Waals surface area contributed by atoms with Crippen LogP contribution in [0.2, 0.25) is 0 Å². The first-order valence-electron chi connectivity index (χ1n) is 6.82. The molecule has 7 heteroatoms. The van der Waals surface area contributed by atoms with Gasteiger partial charge in [-0.15, -0.1) is 11.8 Å². The Kier molecular flexibility index (Phi) is 7.14. The van der Waals surface area contributed by atoms with Crippen LogP contribution in [0.25, 0.3) is 0 Å². The van der Waals surface area contributed by atoms with Gasteiger partial charge in [0.15, 0.2) is 0 Å². The minimum Gasteiger partial charge on any atom is -0.466 e. The highest BCUT2D eigenvalue weighted by molar-refractivity contribution is 7.98. The lowest BCUT2D eigenvalue weighted by atomic mass is 10.2.